The quantitative estimate of drug-likeness (QED) is 0.837. The number of aliphatic hydroxyl groups excluding tert-OH is 1. The maximum atomic E-state index is 11.9. The first-order valence-corrected chi connectivity index (χ1v) is 6.65. The zero-order chi connectivity index (χ0) is 15.1. The first-order valence-electron chi connectivity index (χ1n) is 6.65. The first kappa shape index (κ1) is 14.8. The molecule has 1 amide bonds. The van der Waals surface area contributed by atoms with Crippen LogP contribution in [-0.4, -0.2) is 27.2 Å². The molecule has 0 bridgehead atoms. The lowest BCUT2D eigenvalue weighted by molar-refractivity contribution is -0.116. The number of aryl methyl sites for hydroxylation is 2. The molecule has 0 aliphatic heterocycles. The largest absolute Gasteiger partial charge is 0.384 e. The Morgan fingerprint density at radius 2 is 2.33 bits per heavy atom. The van der Waals surface area contributed by atoms with Gasteiger partial charge in [0.15, 0.2) is 0 Å². The molecule has 5 nitrogen and oxygen atoms in total. The Labute approximate surface area is 123 Å². The fraction of sp³-hybridized carbons (Fsp3) is 0.250. The van der Waals surface area contributed by atoms with E-state index >= 15 is 0 Å². The van der Waals surface area contributed by atoms with Crippen LogP contribution in [0.2, 0.25) is 0 Å². The Kier molecular flexibility index (Phi) is 5.13. The highest BCUT2D eigenvalue weighted by Gasteiger charge is 2.04. The molecular formula is C16H17N3O2. The van der Waals surface area contributed by atoms with Crippen molar-refractivity contribution in [1.29, 1.82) is 0 Å². The van der Waals surface area contributed by atoms with E-state index in [1.807, 2.05) is 35.9 Å². The van der Waals surface area contributed by atoms with Crippen molar-refractivity contribution in [1.82, 2.24) is 9.55 Å². The minimum atomic E-state index is -0.180. The van der Waals surface area contributed by atoms with E-state index in [-0.39, 0.29) is 12.5 Å². The lowest BCUT2D eigenvalue weighted by Crippen LogP contribution is -2.14. The van der Waals surface area contributed by atoms with Crippen LogP contribution in [0.3, 0.4) is 0 Å². The molecule has 5 heteroatoms. The second kappa shape index (κ2) is 7.27. The van der Waals surface area contributed by atoms with Crippen LogP contribution in [0.25, 0.3) is 0 Å². The zero-order valence-corrected chi connectivity index (χ0v) is 11.8. The summed E-state index contributed by atoms with van der Waals surface area (Å²) < 4.78 is 1.85. The van der Waals surface area contributed by atoms with E-state index in [4.69, 9.17) is 5.11 Å². The molecule has 1 aromatic carbocycles. The van der Waals surface area contributed by atoms with Gasteiger partial charge in [0, 0.05) is 36.6 Å². The Hall–Kier alpha value is -2.58. The topological polar surface area (TPSA) is 67.2 Å². The van der Waals surface area contributed by atoms with Crippen LogP contribution in [0.1, 0.15) is 17.5 Å². The highest BCUT2D eigenvalue weighted by atomic mass is 16.2. The van der Waals surface area contributed by atoms with Crippen molar-refractivity contribution >= 4 is 11.6 Å². The first-order chi connectivity index (χ1) is 10.2. The Morgan fingerprint density at radius 3 is 3.05 bits per heavy atom. The van der Waals surface area contributed by atoms with Gasteiger partial charge < -0.3 is 15.0 Å². The molecule has 1 aromatic heterocycles. The summed E-state index contributed by atoms with van der Waals surface area (Å²) in [7, 11) is 0. The minimum Gasteiger partial charge on any atom is -0.384 e. The number of benzene rings is 1. The molecule has 0 radical (unpaired) electrons. The number of imidazole rings is 1. The molecule has 0 atom stereocenters. The number of hydrogen-bond acceptors (Lipinski definition) is 3. The van der Waals surface area contributed by atoms with Crippen LogP contribution >= 0.6 is 0 Å². The third kappa shape index (κ3) is 4.48. The number of carbonyl (C=O) groups excluding carboxylic acids is 1. The van der Waals surface area contributed by atoms with Crippen molar-refractivity contribution in [3.63, 3.8) is 0 Å². The molecule has 0 fully saturated rings. The Bertz CT molecular complexity index is 667. The molecule has 0 spiro atoms. The van der Waals surface area contributed by atoms with Crippen LogP contribution in [0.15, 0.2) is 36.9 Å². The van der Waals surface area contributed by atoms with E-state index < -0.39 is 0 Å². The Morgan fingerprint density at radius 1 is 1.48 bits per heavy atom. The Balaban J connectivity index is 1.97. The van der Waals surface area contributed by atoms with Crippen LogP contribution in [-0.2, 0) is 11.3 Å². The number of nitrogens with one attached hydrogen (secondary N) is 1. The van der Waals surface area contributed by atoms with Gasteiger partial charge in [0.25, 0.3) is 0 Å². The number of aromatic nitrogens is 2. The van der Waals surface area contributed by atoms with Crippen LogP contribution < -0.4 is 5.32 Å². The highest BCUT2D eigenvalue weighted by Crippen LogP contribution is 2.14. The normalized spacial score (nSPS) is 9.81. The molecule has 21 heavy (non-hydrogen) atoms. The standard InChI is InChI=1S/C16H17N3O2/c1-13-4-5-15(11-14(13)3-2-10-20)18-16(21)6-8-19-9-7-17-12-19/h4-5,7,9,11-12,20H,6,8,10H2,1H3,(H,18,21). The lowest BCUT2D eigenvalue weighted by atomic mass is 10.1. The molecule has 0 saturated carbocycles. The summed E-state index contributed by atoms with van der Waals surface area (Å²) in [6.07, 6.45) is 5.56. The van der Waals surface area contributed by atoms with Crippen LogP contribution in [0.5, 0.6) is 0 Å². The second-order valence-corrected chi connectivity index (χ2v) is 4.59. The number of amides is 1. The summed E-state index contributed by atoms with van der Waals surface area (Å²) >= 11 is 0. The van der Waals surface area contributed by atoms with Crippen molar-refractivity contribution in [2.24, 2.45) is 0 Å². The van der Waals surface area contributed by atoms with E-state index in [1.165, 1.54) is 0 Å². The van der Waals surface area contributed by atoms with Gasteiger partial charge in [0.05, 0.1) is 6.33 Å². The lowest BCUT2D eigenvalue weighted by Gasteiger charge is -2.07. The average Bonchev–Trinajstić information content (AvgIpc) is 2.99. The van der Waals surface area contributed by atoms with Crippen LogP contribution in [0, 0.1) is 18.8 Å². The summed E-state index contributed by atoms with van der Waals surface area (Å²) in [5.41, 5.74) is 2.52. The molecule has 1 heterocycles. The van der Waals surface area contributed by atoms with Gasteiger partial charge in [-0.25, -0.2) is 4.98 Å². The second-order valence-electron chi connectivity index (χ2n) is 4.59. The molecule has 0 aliphatic rings. The molecule has 2 rings (SSSR count). The van der Waals surface area contributed by atoms with Gasteiger partial charge in [-0.05, 0) is 24.6 Å². The number of rotatable bonds is 4. The number of carbonyl (C=O) groups is 1. The maximum Gasteiger partial charge on any atom is 0.226 e. The van der Waals surface area contributed by atoms with E-state index in [0.29, 0.717) is 18.7 Å². The monoisotopic (exact) mass is 283 g/mol. The number of hydrogen-bond donors (Lipinski definition) is 2. The number of nitrogens with zero attached hydrogens (tertiary/aromatic N) is 2. The predicted octanol–water partition coefficient (Wildman–Crippen LogP) is 1.56. The van der Waals surface area contributed by atoms with Crippen molar-refractivity contribution < 1.29 is 9.90 Å². The molecule has 0 aliphatic carbocycles. The van der Waals surface area contributed by atoms with Crippen molar-refractivity contribution in [2.45, 2.75) is 19.9 Å². The van der Waals surface area contributed by atoms with E-state index in [9.17, 15) is 4.79 Å². The van der Waals surface area contributed by atoms with Gasteiger partial charge in [-0.15, -0.1) is 0 Å². The predicted molar refractivity (Wildman–Crippen MR) is 80.6 cm³/mol. The number of aliphatic hydroxyl groups is 1. The highest BCUT2D eigenvalue weighted by molar-refractivity contribution is 5.90. The molecule has 2 N–H and O–H groups in total. The molecule has 0 unspecified atom stereocenters. The SMILES string of the molecule is Cc1ccc(NC(=O)CCn2ccnc2)cc1C#CCO. The van der Waals surface area contributed by atoms with Crippen LogP contribution in [0.4, 0.5) is 5.69 Å². The van der Waals surface area contributed by atoms with Gasteiger partial charge in [-0.2, -0.15) is 0 Å². The molecular weight excluding hydrogens is 266 g/mol. The van der Waals surface area contributed by atoms with Crippen molar-refractivity contribution in [2.75, 3.05) is 11.9 Å². The fourth-order valence-electron chi connectivity index (χ4n) is 1.84. The van der Waals surface area contributed by atoms with Gasteiger partial charge in [-0.3, -0.25) is 4.79 Å². The van der Waals surface area contributed by atoms with Gasteiger partial charge in [0.1, 0.15) is 6.61 Å². The zero-order valence-electron chi connectivity index (χ0n) is 11.8. The number of anilines is 1. The van der Waals surface area contributed by atoms with Gasteiger partial charge in [0.2, 0.25) is 5.91 Å². The molecule has 2 aromatic rings. The fourth-order valence-corrected chi connectivity index (χ4v) is 1.84. The summed E-state index contributed by atoms with van der Waals surface area (Å²) in [5.74, 6) is 5.42. The summed E-state index contributed by atoms with van der Waals surface area (Å²) in [6.45, 7) is 2.35. The van der Waals surface area contributed by atoms with E-state index in [0.717, 1.165) is 11.1 Å². The smallest absolute Gasteiger partial charge is 0.226 e. The van der Waals surface area contributed by atoms with Gasteiger partial charge in [-0.1, -0.05) is 17.9 Å². The minimum absolute atomic E-state index is 0.0615. The third-order valence-corrected chi connectivity index (χ3v) is 2.98. The van der Waals surface area contributed by atoms with E-state index in [1.54, 1.807) is 12.5 Å². The molecule has 108 valence electrons. The van der Waals surface area contributed by atoms with Crippen molar-refractivity contribution in [3.8, 4) is 11.8 Å². The molecule has 0 saturated heterocycles. The summed E-state index contributed by atoms with van der Waals surface area (Å²) in [6, 6.07) is 5.55. The third-order valence-electron chi connectivity index (χ3n) is 2.98. The summed E-state index contributed by atoms with van der Waals surface area (Å²) in [4.78, 5) is 15.8. The summed E-state index contributed by atoms with van der Waals surface area (Å²) in [5, 5.41) is 11.6. The average molecular weight is 283 g/mol. The van der Waals surface area contributed by atoms with Gasteiger partial charge >= 0.3 is 0 Å². The van der Waals surface area contributed by atoms with Crippen molar-refractivity contribution in [3.05, 3.63) is 48.0 Å². The maximum absolute atomic E-state index is 11.9. The van der Waals surface area contributed by atoms with E-state index in [2.05, 4.69) is 22.1 Å².